The lowest BCUT2D eigenvalue weighted by Crippen LogP contribution is -2.16. The molecule has 4 nitrogen and oxygen atoms in total. The molecule has 1 rings (SSSR count). The SMILES string of the molecule is CCc1cc([N+](=O)[O-])c([O-])c(C(C)(C)C)c1. The minimum absolute atomic E-state index is 0.315. The van der Waals surface area contributed by atoms with Gasteiger partial charge < -0.3 is 5.11 Å². The summed E-state index contributed by atoms with van der Waals surface area (Å²) >= 11 is 0. The maximum absolute atomic E-state index is 11.9. The topological polar surface area (TPSA) is 66.2 Å². The van der Waals surface area contributed by atoms with E-state index in [1.165, 1.54) is 6.07 Å². The molecule has 88 valence electrons. The van der Waals surface area contributed by atoms with Crippen molar-refractivity contribution in [2.75, 3.05) is 0 Å². The number of aryl methyl sites for hydroxylation is 1. The highest BCUT2D eigenvalue weighted by atomic mass is 16.6. The predicted molar refractivity (Wildman–Crippen MR) is 60.6 cm³/mol. The molecule has 0 N–H and O–H groups in total. The van der Waals surface area contributed by atoms with Crippen molar-refractivity contribution in [3.05, 3.63) is 33.4 Å². The number of nitro benzene ring substituents is 1. The summed E-state index contributed by atoms with van der Waals surface area (Å²) in [5, 5.41) is 22.7. The largest absolute Gasteiger partial charge is 0.868 e. The standard InChI is InChI=1S/C12H17NO3/c1-5-8-6-9(12(2,3)4)11(14)10(7-8)13(15)16/h6-7,14H,5H2,1-4H3/p-1. The van der Waals surface area contributed by atoms with Crippen LogP contribution in [0, 0.1) is 10.1 Å². The Morgan fingerprint density at radius 2 is 1.88 bits per heavy atom. The fraction of sp³-hybridized carbons (Fsp3) is 0.500. The van der Waals surface area contributed by atoms with Crippen molar-refractivity contribution in [1.29, 1.82) is 0 Å². The summed E-state index contributed by atoms with van der Waals surface area (Å²) in [6.45, 7) is 7.56. The molecule has 1 aromatic rings. The molecule has 0 aliphatic carbocycles. The lowest BCUT2D eigenvalue weighted by molar-refractivity contribution is -0.398. The molecule has 0 radical (unpaired) electrons. The highest BCUT2D eigenvalue weighted by molar-refractivity contribution is 5.54. The van der Waals surface area contributed by atoms with E-state index in [2.05, 4.69) is 0 Å². The van der Waals surface area contributed by atoms with E-state index >= 15 is 0 Å². The average Bonchev–Trinajstić information content (AvgIpc) is 2.15. The molecule has 16 heavy (non-hydrogen) atoms. The van der Waals surface area contributed by atoms with Gasteiger partial charge in [-0.1, -0.05) is 33.8 Å². The molecule has 0 saturated heterocycles. The van der Waals surface area contributed by atoms with Crippen LogP contribution in [0.25, 0.3) is 0 Å². The van der Waals surface area contributed by atoms with Crippen LogP contribution in [0.5, 0.6) is 5.75 Å². The predicted octanol–water partition coefficient (Wildman–Crippen LogP) is 2.53. The Labute approximate surface area is 95.1 Å². The van der Waals surface area contributed by atoms with E-state index in [0.29, 0.717) is 12.0 Å². The van der Waals surface area contributed by atoms with Gasteiger partial charge in [0, 0.05) is 6.07 Å². The highest BCUT2D eigenvalue weighted by Gasteiger charge is 2.20. The first-order valence-corrected chi connectivity index (χ1v) is 5.26. The van der Waals surface area contributed by atoms with Crippen LogP contribution < -0.4 is 5.11 Å². The maximum Gasteiger partial charge on any atom is 0.262 e. The molecule has 0 aromatic heterocycles. The third-order valence-corrected chi connectivity index (χ3v) is 2.54. The van der Waals surface area contributed by atoms with Crippen LogP contribution >= 0.6 is 0 Å². The van der Waals surface area contributed by atoms with Gasteiger partial charge in [-0.25, -0.2) is 0 Å². The van der Waals surface area contributed by atoms with Gasteiger partial charge in [-0.05, 0) is 28.7 Å². The molecule has 0 unspecified atom stereocenters. The summed E-state index contributed by atoms with van der Waals surface area (Å²) < 4.78 is 0. The molecule has 0 aliphatic rings. The van der Waals surface area contributed by atoms with Crippen molar-refractivity contribution >= 4 is 5.69 Å². The minimum atomic E-state index is -0.600. The van der Waals surface area contributed by atoms with Gasteiger partial charge >= 0.3 is 0 Å². The quantitative estimate of drug-likeness (QED) is 0.570. The smallest absolute Gasteiger partial charge is 0.262 e. The molecule has 0 amide bonds. The van der Waals surface area contributed by atoms with Gasteiger partial charge in [0.15, 0.2) is 0 Å². The molecule has 4 heteroatoms. The highest BCUT2D eigenvalue weighted by Crippen LogP contribution is 2.36. The van der Waals surface area contributed by atoms with Gasteiger partial charge in [0.2, 0.25) is 0 Å². The van der Waals surface area contributed by atoms with Gasteiger partial charge in [0.1, 0.15) is 0 Å². The molecule has 0 bridgehead atoms. The Hall–Kier alpha value is -1.58. The number of nitro groups is 1. The van der Waals surface area contributed by atoms with Crippen LogP contribution in [-0.2, 0) is 11.8 Å². The van der Waals surface area contributed by atoms with E-state index < -0.39 is 10.7 Å². The van der Waals surface area contributed by atoms with E-state index in [1.807, 2.05) is 27.7 Å². The summed E-state index contributed by atoms with van der Waals surface area (Å²) in [6, 6.07) is 3.15. The van der Waals surface area contributed by atoms with Gasteiger partial charge in [-0.2, -0.15) is 0 Å². The monoisotopic (exact) mass is 222 g/mol. The zero-order valence-corrected chi connectivity index (χ0v) is 10.0. The van der Waals surface area contributed by atoms with Crippen molar-refractivity contribution in [2.24, 2.45) is 0 Å². The molecule has 0 saturated carbocycles. The molecule has 0 fully saturated rings. The molecule has 0 atom stereocenters. The first-order valence-electron chi connectivity index (χ1n) is 5.26. The summed E-state index contributed by atoms with van der Waals surface area (Å²) in [6.07, 6.45) is 0.685. The van der Waals surface area contributed by atoms with Crippen LogP contribution in [0.15, 0.2) is 12.1 Å². The van der Waals surface area contributed by atoms with Gasteiger partial charge in [0.25, 0.3) is 5.69 Å². The summed E-state index contributed by atoms with van der Waals surface area (Å²) in [4.78, 5) is 10.2. The lowest BCUT2D eigenvalue weighted by atomic mass is 9.84. The number of hydrogen-bond donors (Lipinski definition) is 0. The van der Waals surface area contributed by atoms with Crippen molar-refractivity contribution in [1.82, 2.24) is 0 Å². The fourth-order valence-corrected chi connectivity index (χ4v) is 1.57. The van der Waals surface area contributed by atoms with Crippen molar-refractivity contribution in [3.63, 3.8) is 0 Å². The average molecular weight is 222 g/mol. The zero-order valence-electron chi connectivity index (χ0n) is 10.0. The molecule has 0 aliphatic heterocycles. The second kappa shape index (κ2) is 4.12. The molecule has 0 heterocycles. The van der Waals surface area contributed by atoms with Gasteiger partial charge in [-0.15, -0.1) is 0 Å². The van der Waals surface area contributed by atoms with Crippen LogP contribution in [0.1, 0.15) is 38.8 Å². The Bertz CT molecular complexity index is 419. The molecule has 0 spiro atoms. The van der Waals surface area contributed by atoms with Crippen LogP contribution in [0.3, 0.4) is 0 Å². The summed E-state index contributed by atoms with van der Waals surface area (Å²) in [5.74, 6) is -0.463. The summed E-state index contributed by atoms with van der Waals surface area (Å²) in [7, 11) is 0. The van der Waals surface area contributed by atoms with Crippen LogP contribution in [0.4, 0.5) is 5.69 Å². The Morgan fingerprint density at radius 3 is 2.25 bits per heavy atom. The first-order chi connectivity index (χ1) is 7.27. The van der Waals surface area contributed by atoms with Gasteiger partial charge in [-0.3, -0.25) is 10.1 Å². The number of nitrogens with zero attached hydrogens (tertiary/aromatic N) is 1. The van der Waals surface area contributed by atoms with E-state index in [0.717, 1.165) is 5.56 Å². The van der Waals surface area contributed by atoms with E-state index in [-0.39, 0.29) is 11.1 Å². The molecular formula is C12H16NO3-. The first kappa shape index (κ1) is 12.5. The minimum Gasteiger partial charge on any atom is -0.868 e. The van der Waals surface area contributed by atoms with Crippen molar-refractivity contribution in [3.8, 4) is 5.75 Å². The van der Waals surface area contributed by atoms with E-state index in [9.17, 15) is 15.2 Å². The number of benzene rings is 1. The fourth-order valence-electron chi connectivity index (χ4n) is 1.57. The van der Waals surface area contributed by atoms with Crippen molar-refractivity contribution < 1.29 is 10.0 Å². The third-order valence-electron chi connectivity index (χ3n) is 2.54. The van der Waals surface area contributed by atoms with Gasteiger partial charge in [0.05, 0.1) is 4.92 Å². The molecular weight excluding hydrogens is 206 g/mol. The summed E-state index contributed by atoms with van der Waals surface area (Å²) in [5.41, 5.74) is 0.659. The third kappa shape index (κ3) is 2.32. The van der Waals surface area contributed by atoms with E-state index in [1.54, 1.807) is 6.07 Å². The van der Waals surface area contributed by atoms with E-state index in [4.69, 9.17) is 0 Å². The zero-order chi connectivity index (χ0) is 12.5. The Balaban J connectivity index is 3.50. The van der Waals surface area contributed by atoms with Crippen LogP contribution in [0.2, 0.25) is 0 Å². The Kier molecular flexibility index (Phi) is 3.21. The normalized spacial score (nSPS) is 11.5. The number of rotatable bonds is 2. The second-order valence-electron chi connectivity index (χ2n) is 4.85. The Morgan fingerprint density at radius 1 is 1.31 bits per heavy atom. The van der Waals surface area contributed by atoms with Crippen LogP contribution in [-0.4, -0.2) is 4.92 Å². The molecule has 1 aromatic carbocycles. The lowest BCUT2D eigenvalue weighted by Gasteiger charge is -2.26. The van der Waals surface area contributed by atoms with Crippen molar-refractivity contribution in [2.45, 2.75) is 39.5 Å². The number of hydrogen-bond acceptors (Lipinski definition) is 3. The maximum atomic E-state index is 11.9. The second-order valence-corrected chi connectivity index (χ2v) is 4.85.